The van der Waals surface area contributed by atoms with Gasteiger partial charge in [-0.25, -0.2) is 0 Å². The van der Waals surface area contributed by atoms with Gasteiger partial charge in [-0.05, 0) is 24.6 Å². The lowest BCUT2D eigenvalue weighted by Crippen LogP contribution is -2.44. The van der Waals surface area contributed by atoms with Crippen molar-refractivity contribution >= 4 is 17.3 Å². The maximum absolute atomic E-state index is 11.7. The standard InChI is InChI=1S/C14H19N3O2/c1-11-4-3-5-13(10-11)15-16-14(12(2)18)17-6-8-19-9-7-17/h3-5,10,15H,6-9H2,1-2H3/b16-14+. The lowest BCUT2D eigenvalue weighted by Gasteiger charge is -2.28. The number of benzene rings is 1. The van der Waals surface area contributed by atoms with Crippen LogP contribution >= 0.6 is 0 Å². The summed E-state index contributed by atoms with van der Waals surface area (Å²) >= 11 is 0. The van der Waals surface area contributed by atoms with Crippen molar-refractivity contribution in [2.24, 2.45) is 5.10 Å². The maximum Gasteiger partial charge on any atom is 0.196 e. The molecule has 0 unspecified atom stereocenters. The van der Waals surface area contributed by atoms with Crippen molar-refractivity contribution in [2.45, 2.75) is 13.8 Å². The number of ether oxygens (including phenoxy) is 1. The molecule has 0 atom stereocenters. The van der Waals surface area contributed by atoms with Gasteiger partial charge in [-0.3, -0.25) is 10.2 Å². The molecule has 1 heterocycles. The minimum absolute atomic E-state index is 0.0398. The summed E-state index contributed by atoms with van der Waals surface area (Å²) in [5.74, 6) is 0.423. The summed E-state index contributed by atoms with van der Waals surface area (Å²) in [6.45, 7) is 6.23. The highest BCUT2D eigenvalue weighted by molar-refractivity contribution is 6.37. The van der Waals surface area contributed by atoms with Gasteiger partial charge in [-0.15, -0.1) is 0 Å². The smallest absolute Gasteiger partial charge is 0.196 e. The van der Waals surface area contributed by atoms with Gasteiger partial charge in [0, 0.05) is 20.0 Å². The van der Waals surface area contributed by atoms with E-state index in [1.165, 1.54) is 6.92 Å². The van der Waals surface area contributed by atoms with Crippen LogP contribution in [0, 0.1) is 6.92 Å². The highest BCUT2D eigenvalue weighted by Crippen LogP contribution is 2.10. The van der Waals surface area contributed by atoms with Crippen molar-refractivity contribution in [1.29, 1.82) is 0 Å². The summed E-state index contributed by atoms with van der Waals surface area (Å²) in [7, 11) is 0. The zero-order chi connectivity index (χ0) is 13.7. The molecule has 0 saturated carbocycles. The average Bonchev–Trinajstić information content (AvgIpc) is 2.40. The van der Waals surface area contributed by atoms with E-state index in [0.29, 0.717) is 32.1 Å². The average molecular weight is 261 g/mol. The molecule has 2 rings (SSSR count). The molecule has 1 N–H and O–H groups in total. The van der Waals surface area contributed by atoms with Gasteiger partial charge in [-0.1, -0.05) is 12.1 Å². The van der Waals surface area contributed by atoms with E-state index in [9.17, 15) is 4.79 Å². The zero-order valence-corrected chi connectivity index (χ0v) is 11.3. The Morgan fingerprint density at radius 3 is 2.74 bits per heavy atom. The van der Waals surface area contributed by atoms with Gasteiger partial charge < -0.3 is 9.64 Å². The fraction of sp³-hybridized carbons (Fsp3) is 0.429. The number of Topliss-reactive ketones (excluding diaryl/α,β-unsaturated/α-hetero) is 1. The summed E-state index contributed by atoms with van der Waals surface area (Å²) < 4.78 is 5.28. The number of ketones is 1. The predicted octanol–water partition coefficient (Wildman–Crippen LogP) is 1.64. The summed E-state index contributed by atoms with van der Waals surface area (Å²) in [5.41, 5.74) is 4.98. The third-order valence-corrected chi connectivity index (χ3v) is 2.93. The van der Waals surface area contributed by atoms with Crippen LogP contribution in [0.4, 0.5) is 5.69 Å². The molecule has 1 aromatic carbocycles. The van der Waals surface area contributed by atoms with Crippen molar-refractivity contribution in [3.05, 3.63) is 29.8 Å². The van der Waals surface area contributed by atoms with Gasteiger partial charge >= 0.3 is 0 Å². The minimum atomic E-state index is -0.0398. The number of morpholine rings is 1. The lowest BCUT2D eigenvalue weighted by molar-refractivity contribution is -0.112. The monoisotopic (exact) mass is 261 g/mol. The quantitative estimate of drug-likeness (QED) is 0.510. The van der Waals surface area contributed by atoms with Crippen LogP contribution in [0.3, 0.4) is 0 Å². The van der Waals surface area contributed by atoms with E-state index < -0.39 is 0 Å². The number of anilines is 1. The molecule has 1 fully saturated rings. The largest absolute Gasteiger partial charge is 0.378 e. The molecule has 1 aliphatic heterocycles. The zero-order valence-electron chi connectivity index (χ0n) is 11.3. The second-order valence-electron chi connectivity index (χ2n) is 4.57. The SMILES string of the molecule is CC(=O)/C(=N\Nc1cccc(C)c1)N1CCOCC1. The van der Waals surface area contributed by atoms with E-state index in [-0.39, 0.29) is 5.78 Å². The van der Waals surface area contributed by atoms with E-state index in [4.69, 9.17) is 4.74 Å². The molecule has 0 amide bonds. The Labute approximate surface area is 113 Å². The van der Waals surface area contributed by atoms with E-state index >= 15 is 0 Å². The molecule has 102 valence electrons. The van der Waals surface area contributed by atoms with Gasteiger partial charge in [0.05, 0.1) is 18.9 Å². The lowest BCUT2D eigenvalue weighted by atomic mass is 10.2. The Kier molecular flexibility index (Phi) is 4.52. The van der Waals surface area contributed by atoms with Gasteiger partial charge in [0.1, 0.15) is 0 Å². The van der Waals surface area contributed by atoms with Crippen LogP contribution in [0.5, 0.6) is 0 Å². The van der Waals surface area contributed by atoms with Crippen molar-refractivity contribution in [1.82, 2.24) is 4.90 Å². The maximum atomic E-state index is 11.7. The molecule has 0 radical (unpaired) electrons. The van der Waals surface area contributed by atoms with Crippen LogP contribution in [-0.4, -0.2) is 42.8 Å². The van der Waals surface area contributed by atoms with Gasteiger partial charge in [-0.2, -0.15) is 5.10 Å². The molecule has 5 heteroatoms. The Morgan fingerprint density at radius 2 is 2.11 bits per heavy atom. The number of aryl methyl sites for hydroxylation is 1. The molecular weight excluding hydrogens is 242 g/mol. The molecule has 0 aliphatic carbocycles. The van der Waals surface area contributed by atoms with Gasteiger partial charge in [0.2, 0.25) is 0 Å². The highest BCUT2D eigenvalue weighted by Gasteiger charge is 2.18. The van der Waals surface area contributed by atoms with Crippen LogP contribution in [0.15, 0.2) is 29.4 Å². The molecule has 1 aromatic rings. The Hall–Kier alpha value is -1.88. The first-order chi connectivity index (χ1) is 9.16. The van der Waals surface area contributed by atoms with E-state index in [1.54, 1.807) is 0 Å². The Balaban J connectivity index is 2.10. The molecule has 5 nitrogen and oxygen atoms in total. The third kappa shape index (κ3) is 3.79. The van der Waals surface area contributed by atoms with E-state index in [2.05, 4.69) is 10.5 Å². The Bertz CT molecular complexity index is 479. The number of nitrogens with zero attached hydrogens (tertiary/aromatic N) is 2. The Morgan fingerprint density at radius 1 is 1.37 bits per heavy atom. The van der Waals surface area contributed by atoms with Crippen LogP contribution in [0.1, 0.15) is 12.5 Å². The van der Waals surface area contributed by atoms with Gasteiger partial charge in [0.15, 0.2) is 11.6 Å². The fourth-order valence-corrected chi connectivity index (χ4v) is 1.98. The fourth-order valence-electron chi connectivity index (χ4n) is 1.98. The van der Waals surface area contributed by atoms with E-state index in [1.807, 2.05) is 36.1 Å². The number of amidine groups is 1. The first kappa shape index (κ1) is 13.5. The number of carbonyl (C=O) groups excluding carboxylic acids is 1. The van der Waals surface area contributed by atoms with Crippen molar-refractivity contribution < 1.29 is 9.53 Å². The molecule has 19 heavy (non-hydrogen) atoms. The summed E-state index contributed by atoms with van der Waals surface area (Å²) in [4.78, 5) is 13.6. The number of carbonyl (C=O) groups is 1. The first-order valence-electron chi connectivity index (χ1n) is 6.41. The second-order valence-corrected chi connectivity index (χ2v) is 4.57. The second kappa shape index (κ2) is 6.33. The van der Waals surface area contributed by atoms with Crippen LogP contribution in [0.25, 0.3) is 0 Å². The van der Waals surface area contributed by atoms with E-state index in [0.717, 1.165) is 11.3 Å². The summed E-state index contributed by atoms with van der Waals surface area (Å²) in [6.07, 6.45) is 0. The van der Waals surface area contributed by atoms with Crippen molar-refractivity contribution in [3.8, 4) is 0 Å². The molecule has 1 saturated heterocycles. The molecule has 0 bridgehead atoms. The first-order valence-corrected chi connectivity index (χ1v) is 6.41. The number of hydrazone groups is 1. The molecular formula is C14H19N3O2. The molecule has 0 aromatic heterocycles. The summed E-state index contributed by atoms with van der Waals surface area (Å²) in [6, 6.07) is 7.88. The number of hydrogen-bond acceptors (Lipinski definition) is 4. The van der Waals surface area contributed by atoms with Crippen LogP contribution in [0.2, 0.25) is 0 Å². The normalized spacial score (nSPS) is 16.3. The summed E-state index contributed by atoms with van der Waals surface area (Å²) in [5, 5.41) is 4.25. The third-order valence-electron chi connectivity index (χ3n) is 2.93. The number of rotatable bonds is 3. The number of nitrogens with one attached hydrogen (secondary N) is 1. The minimum Gasteiger partial charge on any atom is -0.378 e. The van der Waals surface area contributed by atoms with Crippen LogP contribution in [-0.2, 0) is 9.53 Å². The van der Waals surface area contributed by atoms with Crippen molar-refractivity contribution in [3.63, 3.8) is 0 Å². The molecule has 0 spiro atoms. The predicted molar refractivity (Wildman–Crippen MR) is 75.3 cm³/mol. The molecule has 1 aliphatic rings. The topological polar surface area (TPSA) is 53.9 Å². The van der Waals surface area contributed by atoms with Crippen molar-refractivity contribution in [2.75, 3.05) is 31.7 Å². The number of hydrogen-bond donors (Lipinski definition) is 1. The van der Waals surface area contributed by atoms with Gasteiger partial charge in [0.25, 0.3) is 0 Å². The highest BCUT2D eigenvalue weighted by atomic mass is 16.5. The van der Waals surface area contributed by atoms with Crippen LogP contribution < -0.4 is 5.43 Å².